The highest BCUT2D eigenvalue weighted by molar-refractivity contribution is 5.99. The molecule has 0 aromatic heterocycles. The Morgan fingerprint density at radius 2 is 2.13 bits per heavy atom. The lowest BCUT2D eigenvalue weighted by Gasteiger charge is -2.30. The van der Waals surface area contributed by atoms with Crippen molar-refractivity contribution in [1.29, 1.82) is 0 Å². The number of hydrogen-bond donors (Lipinski definition) is 2. The van der Waals surface area contributed by atoms with E-state index in [0.717, 1.165) is 6.42 Å². The van der Waals surface area contributed by atoms with E-state index >= 15 is 0 Å². The first kappa shape index (κ1) is 10.2. The first-order valence-electron chi connectivity index (χ1n) is 5.24. The Balaban J connectivity index is 2.52. The third-order valence-electron chi connectivity index (χ3n) is 3.21. The second-order valence-electron chi connectivity index (χ2n) is 4.08. The van der Waals surface area contributed by atoms with Crippen LogP contribution in [0.15, 0.2) is 24.3 Å². The van der Waals surface area contributed by atoms with Crippen molar-refractivity contribution in [3.63, 3.8) is 0 Å². The van der Waals surface area contributed by atoms with Crippen molar-refractivity contribution in [3.8, 4) is 0 Å². The highest BCUT2D eigenvalue weighted by atomic mass is 16.3. The summed E-state index contributed by atoms with van der Waals surface area (Å²) in [5.41, 5.74) is 0.0900. The summed E-state index contributed by atoms with van der Waals surface area (Å²) in [6, 6.07) is 7.19. The second kappa shape index (κ2) is 3.35. The summed E-state index contributed by atoms with van der Waals surface area (Å²) >= 11 is 0. The first-order valence-corrected chi connectivity index (χ1v) is 5.24. The average Bonchev–Trinajstić information content (AvgIpc) is 2.52. The Kier molecular flexibility index (Phi) is 2.27. The normalized spacial score (nSPS) is 25.9. The van der Waals surface area contributed by atoms with Crippen molar-refractivity contribution in [1.82, 2.24) is 5.32 Å². The zero-order valence-electron chi connectivity index (χ0n) is 8.95. The fourth-order valence-corrected chi connectivity index (χ4v) is 2.01. The Hall–Kier alpha value is -1.35. The van der Waals surface area contributed by atoms with Gasteiger partial charge in [-0.25, -0.2) is 0 Å². The molecule has 2 unspecified atom stereocenters. The number of fused-ring (bicyclic) bond motifs is 1. The second-order valence-corrected chi connectivity index (χ2v) is 4.08. The van der Waals surface area contributed by atoms with Crippen LogP contribution in [-0.4, -0.2) is 11.0 Å². The van der Waals surface area contributed by atoms with E-state index in [1.165, 1.54) is 0 Å². The van der Waals surface area contributed by atoms with Crippen molar-refractivity contribution in [3.05, 3.63) is 35.4 Å². The van der Waals surface area contributed by atoms with Crippen LogP contribution in [0.1, 0.15) is 36.2 Å². The molecule has 3 heteroatoms. The molecule has 2 N–H and O–H groups in total. The smallest absolute Gasteiger partial charge is 0.254 e. The summed E-state index contributed by atoms with van der Waals surface area (Å²) in [7, 11) is 0. The van der Waals surface area contributed by atoms with Gasteiger partial charge >= 0.3 is 0 Å². The number of aliphatic hydroxyl groups is 1. The molecule has 2 rings (SSSR count). The molecule has 1 heterocycles. The molecular formula is C12H15NO2. The molecule has 0 aliphatic carbocycles. The van der Waals surface area contributed by atoms with E-state index < -0.39 is 5.72 Å². The number of nitrogens with one attached hydrogen (secondary N) is 1. The highest BCUT2D eigenvalue weighted by Crippen LogP contribution is 2.35. The van der Waals surface area contributed by atoms with Crippen molar-refractivity contribution in [2.24, 2.45) is 5.92 Å². The van der Waals surface area contributed by atoms with Gasteiger partial charge in [0, 0.05) is 17.0 Å². The van der Waals surface area contributed by atoms with Gasteiger partial charge in [0.2, 0.25) is 0 Å². The Labute approximate surface area is 89.1 Å². The molecule has 1 aliphatic rings. The van der Waals surface area contributed by atoms with Gasteiger partial charge in [-0.1, -0.05) is 32.0 Å². The predicted molar refractivity (Wildman–Crippen MR) is 57.3 cm³/mol. The summed E-state index contributed by atoms with van der Waals surface area (Å²) in [5.74, 6) is -0.182. The molecule has 80 valence electrons. The van der Waals surface area contributed by atoms with Crippen molar-refractivity contribution < 1.29 is 9.90 Å². The van der Waals surface area contributed by atoms with Gasteiger partial charge in [0.1, 0.15) is 0 Å². The number of benzene rings is 1. The van der Waals surface area contributed by atoms with Gasteiger partial charge in [-0.15, -0.1) is 0 Å². The number of hydrogen-bond acceptors (Lipinski definition) is 2. The molecule has 1 aliphatic heterocycles. The van der Waals surface area contributed by atoms with E-state index in [9.17, 15) is 9.90 Å². The van der Waals surface area contributed by atoms with Crippen LogP contribution in [-0.2, 0) is 5.72 Å². The fourth-order valence-electron chi connectivity index (χ4n) is 2.01. The zero-order valence-corrected chi connectivity index (χ0v) is 8.95. The Bertz CT molecular complexity index is 402. The molecule has 0 bridgehead atoms. The zero-order chi connectivity index (χ0) is 11.1. The van der Waals surface area contributed by atoms with Gasteiger partial charge in [0.05, 0.1) is 0 Å². The Morgan fingerprint density at radius 1 is 1.47 bits per heavy atom. The molecule has 15 heavy (non-hydrogen) atoms. The maximum atomic E-state index is 11.6. The number of carbonyl (C=O) groups excluding carboxylic acids is 1. The van der Waals surface area contributed by atoms with Gasteiger partial charge in [0.25, 0.3) is 5.91 Å². The van der Waals surface area contributed by atoms with Crippen molar-refractivity contribution >= 4 is 5.91 Å². The molecule has 0 fully saturated rings. The topological polar surface area (TPSA) is 49.3 Å². The van der Waals surface area contributed by atoms with E-state index in [-0.39, 0.29) is 11.8 Å². The third kappa shape index (κ3) is 1.35. The number of rotatable bonds is 2. The first-order chi connectivity index (χ1) is 7.09. The maximum absolute atomic E-state index is 11.6. The minimum atomic E-state index is -1.19. The van der Waals surface area contributed by atoms with Crippen LogP contribution in [0.5, 0.6) is 0 Å². The largest absolute Gasteiger partial charge is 0.367 e. The van der Waals surface area contributed by atoms with Gasteiger partial charge in [-0.05, 0) is 12.5 Å². The average molecular weight is 205 g/mol. The molecule has 0 radical (unpaired) electrons. The molecule has 0 saturated heterocycles. The minimum Gasteiger partial charge on any atom is -0.367 e. The quantitative estimate of drug-likeness (QED) is 0.770. The van der Waals surface area contributed by atoms with Crippen LogP contribution in [0.25, 0.3) is 0 Å². The number of amides is 1. The van der Waals surface area contributed by atoms with Crippen molar-refractivity contribution in [2.75, 3.05) is 0 Å². The molecule has 2 atom stereocenters. The van der Waals surface area contributed by atoms with Gasteiger partial charge in [-0.2, -0.15) is 0 Å². The van der Waals surface area contributed by atoms with E-state index in [1.807, 2.05) is 19.9 Å². The molecule has 1 amide bonds. The van der Waals surface area contributed by atoms with Crippen molar-refractivity contribution in [2.45, 2.75) is 26.0 Å². The maximum Gasteiger partial charge on any atom is 0.254 e. The van der Waals surface area contributed by atoms with Crippen LogP contribution < -0.4 is 5.32 Å². The minimum absolute atomic E-state index is 0.00472. The predicted octanol–water partition coefficient (Wildman–Crippen LogP) is 1.62. The highest BCUT2D eigenvalue weighted by Gasteiger charge is 2.44. The molecule has 1 aromatic rings. The number of carbonyl (C=O) groups is 1. The summed E-state index contributed by atoms with van der Waals surface area (Å²) < 4.78 is 0. The van der Waals surface area contributed by atoms with Crippen LogP contribution in [0.4, 0.5) is 0 Å². The summed E-state index contributed by atoms with van der Waals surface area (Å²) in [4.78, 5) is 11.6. The standard InChI is InChI=1S/C12H15NO2/c1-3-8(2)12(15)10-7-5-4-6-9(10)11(14)13-12/h4-8,15H,3H2,1-2H3,(H,13,14). The van der Waals surface area contributed by atoms with E-state index in [4.69, 9.17) is 0 Å². The lowest BCUT2D eigenvalue weighted by molar-refractivity contribution is -0.0359. The Morgan fingerprint density at radius 3 is 2.80 bits per heavy atom. The monoisotopic (exact) mass is 205 g/mol. The summed E-state index contributed by atoms with van der Waals surface area (Å²) in [6.07, 6.45) is 0.811. The van der Waals surface area contributed by atoms with E-state index in [0.29, 0.717) is 11.1 Å². The SMILES string of the molecule is CCC(C)C1(O)NC(=O)c2ccccc21. The van der Waals surface area contributed by atoms with Gasteiger partial charge in [-0.3, -0.25) is 4.79 Å². The van der Waals surface area contributed by atoms with Crippen LogP contribution in [0.2, 0.25) is 0 Å². The summed E-state index contributed by atoms with van der Waals surface area (Å²) in [6.45, 7) is 3.93. The molecule has 0 saturated carbocycles. The third-order valence-corrected chi connectivity index (χ3v) is 3.21. The van der Waals surface area contributed by atoms with E-state index in [2.05, 4.69) is 5.32 Å². The molecule has 0 spiro atoms. The van der Waals surface area contributed by atoms with Crippen LogP contribution in [0.3, 0.4) is 0 Å². The fraction of sp³-hybridized carbons (Fsp3) is 0.417. The molecule has 1 aromatic carbocycles. The van der Waals surface area contributed by atoms with Crippen LogP contribution in [0, 0.1) is 5.92 Å². The molecular weight excluding hydrogens is 190 g/mol. The summed E-state index contributed by atoms with van der Waals surface area (Å²) in [5, 5.41) is 13.1. The lowest BCUT2D eigenvalue weighted by atomic mass is 9.89. The molecule has 3 nitrogen and oxygen atoms in total. The van der Waals surface area contributed by atoms with Crippen LogP contribution >= 0.6 is 0 Å². The van der Waals surface area contributed by atoms with E-state index in [1.54, 1.807) is 18.2 Å². The van der Waals surface area contributed by atoms with Gasteiger partial charge in [0.15, 0.2) is 5.72 Å². The lowest BCUT2D eigenvalue weighted by Crippen LogP contribution is -2.44. The van der Waals surface area contributed by atoms with Gasteiger partial charge < -0.3 is 10.4 Å².